The molecular weight excluding hydrogens is 612 g/mol. The van der Waals surface area contributed by atoms with E-state index in [1.807, 2.05) is 0 Å². The van der Waals surface area contributed by atoms with Crippen molar-refractivity contribution in [2.75, 3.05) is 6.54 Å². The third-order valence-electron chi connectivity index (χ3n) is 5.22. The Morgan fingerprint density at radius 3 is 2.37 bits per heavy atom. The number of unbranched alkanes of at least 4 members (excludes halogenated alkanes) is 1. The Hall–Kier alpha value is -3.40. The Kier molecular flexibility index (Phi) is 11.8. The van der Waals surface area contributed by atoms with Gasteiger partial charge in [0.05, 0.1) is 21.0 Å². The van der Waals surface area contributed by atoms with Crippen LogP contribution in [0.1, 0.15) is 31.1 Å². The fourth-order valence-electron chi connectivity index (χ4n) is 3.27. The summed E-state index contributed by atoms with van der Waals surface area (Å²) >= 11 is 13.1. The number of halogens is 5. The van der Waals surface area contributed by atoms with Gasteiger partial charge in [-0.05, 0) is 60.5 Å². The van der Waals surface area contributed by atoms with E-state index in [1.165, 1.54) is 12.1 Å². The third kappa shape index (κ3) is 9.59. The maximum atomic E-state index is 13.5. The zero-order valence-electron chi connectivity index (χ0n) is 21.0. The van der Waals surface area contributed by atoms with Crippen LogP contribution in [0, 0.1) is 0 Å². The average molecular weight is 635 g/mol. The Bertz CT molecular complexity index is 1330. The molecule has 3 rings (SSSR count). The summed E-state index contributed by atoms with van der Waals surface area (Å²) in [7, 11) is 0. The molecule has 41 heavy (non-hydrogen) atoms. The van der Waals surface area contributed by atoms with E-state index in [4.69, 9.17) is 33.7 Å². The number of ketones is 1. The summed E-state index contributed by atoms with van der Waals surface area (Å²) < 4.78 is 48.9. The number of alkyl carbamates (subject to hydrolysis) is 1. The summed E-state index contributed by atoms with van der Waals surface area (Å²) in [6.45, 7) is 0.111. The van der Waals surface area contributed by atoms with Gasteiger partial charge in [-0.25, -0.2) is 9.59 Å². The molecule has 3 N–H and O–H groups in total. The Morgan fingerprint density at radius 2 is 1.73 bits per heavy atom. The number of carbonyl (C=O) groups excluding carboxylic acids is 3. The molecule has 0 aliphatic rings. The highest BCUT2D eigenvalue weighted by Gasteiger charge is 2.45. The van der Waals surface area contributed by atoms with Crippen LogP contribution < -0.4 is 11.1 Å². The number of esters is 1. The number of rotatable bonds is 13. The fourth-order valence-corrected chi connectivity index (χ4v) is 4.61. The number of nitrogens with one attached hydrogen (secondary N) is 1. The predicted octanol–water partition coefficient (Wildman–Crippen LogP) is 4.73. The van der Waals surface area contributed by atoms with Crippen LogP contribution in [0.15, 0.2) is 58.6 Å². The lowest BCUT2D eigenvalue weighted by molar-refractivity contribution is -0.210. The highest BCUT2D eigenvalue weighted by molar-refractivity contribution is 7.99. The lowest BCUT2D eigenvalue weighted by Crippen LogP contribution is -2.46. The Morgan fingerprint density at radius 1 is 1.05 bits per heavy atom. The van der Waals surface area contributed by atoms with Crippen LogP contribution in [0.4, 0.5) is 18.0 Å². The molecule has 0 saturated carbocycles. The van der Waals surface area contributed by atoms with Crippen molar-refractivity contribution < 1.29 is 37.0 Å². The van der Waals surface area contributed by atoms with Gasteiger partial charge in [0.2, 0.25) is 10.9 Å². The molecule has 0 fully saturated rings. The summed E-state index contributed by atoms with van der Waals surface area (Å²) in [6.07, 6.45) is -8.16. The van der Waals surface area contributed by atoms with E-state index in [1.54, 1.807) is 36.4 Å². The second kappa shape index (κ2) is 15.0. The van der Waals surface area contributed by atoms with Gasteiger partial charge in [-0.3, -0.25) is 4.79 Å². The molecule has 220 valence electrons. The van der Waals surface area contributed by atoms with Crippen molar-refractivity contribution >= 4 is 52.8 Å². The highest BCUT2D eigenvalue weighted by atomic mass is 35.5. The van der Waals surface area contributed by atoms with E-state index in [2.05, 4.69) is 25.5 Å². The second-order valence-corrected chi connectivity index (χ2v) is 10.0. The first-order chi connectivity index (χ1) is 19.5. The molecule has 0 spiro atoms. The van der Waals surface area contributed by atoms with Crippen LogP contribution in [0.5, 0.6) is 0 Å². The fraction of sp³-hybridized carbons (Fsp3) is 0.333. The molecule has 1 amide bonds. The largest absolute Gasteiger partial charge is 0.491 e. The second-order valence-electron chi connectivity index (χ2n) is 8.25. The summed E-state index contributed by atoms with van der Waals surface area (Å²) in [5.41, 5.74) is 6.17. The van der Waals surface area contributed by atoms with Crippen LogP contribution >= 0.6 is 35.0 Å². The molecule has 0 saturated heterocycles. The third-order valence-corrected chi connectivity index (χ3v) is 7.06. The number of hydrogen-bond donors (Lipinski definition) is 2. The first kappa shape index (κ1) is 32.1. The first-order valence-corrected chi connectivity index (χ1v) is 13.5. The van der Waals surface area contributed by atoms with E-state index < -0.39 is 36.3 Å². The zero-order chi connectivity index (χ0) is 30.0. The smallest absolute Gasteiger partial charge is 0.445 e. The topological polar surface area (TPSA) is 151 Å². The van der Waals surface area contributed by atoms with Crippen molar-refractivity contribution in [3.63, 3.8) is 0 Å². The molecule has 1 heterocycles. The van der Waals surface area contributed by atoms with Crippen molar-refractivity contribution in [1.82, 2.24) is 25.5 Å². The summed E-state index contributed by atoms with van der Waals surface area (Å²) in [5.74, 6) is -3.84. The van der Waals surface area contributed by atoms with Gasteiger partial charge >= 0.3 is 18.2 Å². The minimum Gasteiger partial charge on any atom is -0.445 e. The number of hydrogen-bond acceptors (Lipinski definition) is 10. The van der Waals surface area contributed by atoms with Crippen molar-refractivity contribution in [1.29, 1.82) is 0 Å². The predicted molar refractivity (Wildman–Crippen MR) is 141 cm³/mol. The van der Waals surface area contributed by atoms with Crippen molar-refractivity contribution in [3.8, 4) is 0 Å². The zero-order valence-corrected chi connectivity index (χ0v) is 23.3. The molecule has 0 aliphatic heterocycles. The minimum absolute atomic E-state index is 0.0674. The summed E-state index contributed by atoms with van der Waals surface area (Å²) in [6, 6.07) is 11.8. The summed E-state index contributed by atoms with van der Waals surface area (Å²) in [4.78, 5) is 38.4. The quantitative estimate of drug-likeness (QED) is 0.199. The van der Waals surface area contributed by atoms with Crippen LogP contribution in [0.2, 0.25) is 10.0 Å². The maximum Gasteiger partial charge on any atom is 0.491 e. The minimum atomic E-state index is -5.45. The standard InChI is InChI=1S/C24H23Cl2F3N6O5S/c25-15-9-6-10-16(26)19(15)41-22-32-34-35(33-22)20(40-21(37)24(27,28)29)18(36)17(11-4-5-12-30)31-23(38)39-13-14-7-2-1-3-8-14/h1-3,6-10,17,20H,4-5,11-13,30H2,(H,31,38). The number of amides is 1. The number of carbonyl (C=O) groups is 3. The molecule has 2 aromatic carbocycles. The average Bonchev–Trinajstić information content (AvgIpc) is 3.40. The van der Waals surface area contributed by atoms with Crippen LogP contribution in [-0.2, 0) is 25.7 Å². The highest BCUT2D eigenvalue weighted by Crippen LogP contribution is 2.37. The van der Waals surface area contributed by atoms with E-state index in [-0.39, 0.29) is 34.8 Å². The normalized spacial score (nSPS) is 12.8. The number of Topliss-reactive ketones (excluding diaryl/α,β-unsaturated/α-hetero) is 1. The summed E-state index contributed by atoms with van der Waals surface area (Å²) in [5, 5.41) is 13.8. The van der Waals surface area contributed by atoms with Gasteiger partial charge < -0.3 is 20.5 Å². The van der Waals surface area contributed by atoms with E-state index in [9.17, 15) is 27.6 Å². The van der Waals surface area contributed by atoms with Crippen LogP contribution in [0.3, 0.4) is 0 Å². The number of benzene rings is 2. The van der Waals surface area contributed by atoms with Gasteiger partial charge in [0.25, 0.3) is 6.23 Å². The van der Waals surface area contributed by atoms with Crippen molar-refractivity contribution in [3.05, 3.63) is 64.1 Å². The van der Waals surface area contributed by atoms with Crippen LogP contribution in [0.25, 0.3) is 0 Å². The molecule has 1 aromatic heterocycles. The van der Waals surface area contributed by atoms with Gasteiger partial charge in [-0.2, -0.15) is 13.2 Å². The molecule has 0 bridgehead atoms. The molecule has 11 nitrogen and oxygen atoms in total. The lowest BCUT2D eigenvalue weighted by atomic mass is 10.0. The number of nitrogens with zero attached hydrogens (tertiary/aromatic N) is 4. The van der Waals surface area contributed by atoms with Crippen molar-refractivity contribution in [2.24, 2.45) is 5.73 Å². The van der Waals surface area contributed by atoms with Gasteiger partial charge in [-0.1, -0.05) is 59.6 Å². The number of ether oxygens (including phenoxy) is 2. The number of tetrazole rings is 1. The van der Waals surface area contributed by atoms with Gasteiger partial charge in [0.15, 0.2) is 0 Å². The molecule has 17 heteroatoms. The first-order valence-electron chi connectivity index (χ1n) is 11.9. The van der Waals surface area contributed by atoms with E-state index in [0.29, 0.717) is 28.1 Å². The SMILES string of the molecule is NCCCCC(NC(=O)OCc1ccccc1)C(=O)C(OC(=O)C(F)(F)F)n1nnc(Sc2c(Cl)cccc2Cl)n1. The molecule has 0 aliphatic carbocycles. The molecule has 0 radical (unpaired) electrons. The van der Waals surface area contributed by atoms with Crippen molar-refractivity contribution in [2.45, 2.75) is 54.4 Å². The molecule has 2 atom stereocenters. The van der Waals surface area contributed by atoms with Gasteiger partial charge in [-0.15, -0.1) is 15.0 Å². The lowest BCUT2D eigenvalue weighted by Gasteiger charge is -2.22. The molecule has 3 aromatic rings. The van der Waals surface area contributed by atoms with Gasteiger partial charge in [0, 0.05) is 0 Å². The van der Waals surface area contributed by atoms with Crippen LogP contribution in [-0.4, -0.2) is 56.8 Å². The maximum absolute atomic E-state index is 13.5. The Labute approximate surface area is 245 Å². The van der Waals surface area contributed by atoms with E-state index >= 15 is 0 Å². The number of alkyl halides is 3. The molecular formula is C24H23Cl2F3N6O5S. The van der Waals surface area contributed by atoms with Gasteiger partial charge in [0.1, 0.15) is 6.61 Å². The number of nitrogens with two attached hydrogens (primary N) is 1. The van der Waals surface area contributed by atoms with E-state index in [0.717, 1.165) is 11.8 Å². The monoisotopic (exact) mass is 634 g/mol. The Balaban J connectivity index is 1.85. The molecule has 2 unspecified atom stereocenters. The number of aromatic nitrogens is 4.